The first-order valence-electron chi connectivity index (χ1n) is 6.92. The Labute approximate surface area is 124 Å². The minimum Gasteiger partial charge on any atom is -0.491 e. The monoisotopic (exact) mass is 291 g/mol. The van der Waals surface area contributed by atoms with Gasteiger partial charge in [0.1, 0.15) is 18.5 Å². The zero-order chi connectivity index (χ0) is 15.2. The number of aromatic nitrogens is 2. The molecule has 0 saturated heterocycles. The van der Waals surface area contributed by atoms with Crippen LogP contribution in [0.15, 0.2) is 22.7 Å². The highest BCUT2D eigenvalue weighted by molar-refractivity contribution is 5.35. The molecule has 0 amide bonds. The van der Waals surface area contributed by atoms with E-state index in [0.29, 0.717) is 24.8 Å². The van der Waals surface area contributed by atoms with Crippen LogP contribution in [0.1, 0.15) is 22.8 Å². The molecular formula is C15H21N3O3. The van der Waals surface area contributed by atoms with E-state index in [4.69, 9.17) is 9.26 Å². The maximum Gasteiger partial charge on any atom is 0.223 e. The standard InChI is InChI=1S/C15H21N3O3/c1-10-4-5-11(2)14(6-10)20-9-13(19)7-16-8-15-17-12(3)21-18-15/h4-6,13,16,19H,7-9H2,1-3H3. The van der Waals surface area contributed by atoms with E-state index in [-0.39, 0.29) is 6.61 Å². The molecule has 0 aliphatic rings. The minimum atomic E-state index is -0.599. The van der Waals surface area contributed by atoms with Gasteiger partial charge in [-0.2, -0.15) is 4.98 Å². The fraction of sp³-hybridized carbons (Fsp3) is 0.467. The van der Waals surface area contributed by atoms with E-state index >= 15 is 0 Å². The number of rotatable bonds is 7. The van der Waals surface area contributed by atoms with Crippen LogP contribution in [0, 0.1) is 20.8 Å². The van der Waals surface area contributed by atoms with Gasteiger partial charge in [-0.15, -0.1) is 0 Å². The van der Waals surface area contributed by atoms with Gasteiger partial charge in [0.25, 0.3) is 0 Å². The van der Waals surface area contributed by atoms with Crippen LogP contribution in [0.3, 0.4) is 0 Å². The molecule has 6 heteroatoms. The Hall–Kier alpha value is -1.92. The van der Waals surface area contributed by atoms with E-state index < -0.39 is 6.10 Å². The number of nitrogens with zero attached hydrogens (tertiary/aromatic N) is 2. The summed E-state index contributed by atoms with van der Waals surface area (Å²) in [6.45, 7) is 6.83. The average Bonchev–Trinajstić information content (AvgIpc) is 2.85. The Morgan fingerprint density at radius 3 is 2.86 bits per heavy atom. The molecule has 1 atom stereocenters. The molecule has 1 aromatic heterocycles. The summed E-state index contributed by atoms with van der Waals surface area (Å²) in [7, 11) is 0. The van der Waals surface area contributed by atoms with Crippen LogP contribution in [0.4, 0.5) is 0 Å². The van der Waals surface area contributed by atoms with Crippen molar-refractivity contribution in [1.82, 2.24) is 15.5 Å². The zero-order valence-corrected chi connectivity index (χ0v) is 12.6. The third-order valence-corrected chi connectivity index (χ3v) is 3.01. The van der Waals surface area contributed by atoms with Gasteiger partial charge < -0.3 is 19.7 Å². The molecule has 0 spiro atoms. The molecule has 2 rings (SSSR count). The van der Waals surface area contributed by atoms with Crippen LogP contribution in [0.2, 0.25) is 0 Å². The van der Waals surface area contributed by atoms with Gasteiger partial charge in [-0.25, -0.2) is 0 Å². The summed E-state index contributed by atoms with van der Waals surface area (Å²) in [6, 6.07) is 6.01. The number of ether oxygens (including phenoxy) is 1. The van der Waals surface area contributed by atoms with E-state index in [0.717, 1.165) is 16.9 Å². The molecule has 1 aromatic carbocycles. The SMILES string of the molecule is Cc1ccc(C)c(OCC(O)CNCc2noc(C)n2)c1. The molecule has 0 aliphatic heterocycles. The fourth-order valence-corrected chi connectivity index (χ4v) is 1.87. The summed E-state index contributed by atoms with van der Waals surface area (Å²) in [4.78, 5) is 4.07. The van der Waals surface area contributed by atoms with Crippen molar-refractivity contribution in [2.24, 2.45) is 0 Å². The molecule has 2 aromatic rings. The molecule has 0 radical (unpaired) electrons. The van der Waals surface area contributed by atoms with Crippen molar-refractivity contribution in [3.05, 3.63) is 41.0 Å². The predicted molar refractivity (Wildman–Crippen MR) is 78.2 cm³/mol. The summed E-state index contributed by atoms with van der Waals surface area (Å²) in [5.41, 5.74) is 2.19. The second-order valence-corrected chi connectivity index (χ2v) is 5.09. The van der Waals surface area contributed by atoms with Crippen molar-refractivity contribution in [3.8, 4) is 5.75 Å². The van der Waals surface area contributed by atoms with Crippen LogP contribution in [-0.2, 0) is 6.54 Å². The second-order valence-electron chi connectivity index (χ2n) is 5.09. The van der Waals surface area contributed by atoms with Crippen molar-refractivity contribution < 1.29 is 14.4 Å². The van der Waals surface area contributed by atoms with Gasteiger partial charge in [-0.05, 0) is 31.0 Å². The van der Waals surface area contributed by atoms with E-state index in [1.165, 1.54) is 0 Å². The highest BCUT2D eigenvalue weighted by Crippen LogP contribution is 2.19. The van der Waals surface area contributed by atoms with Gasteiger partial charge in [0.2, 0.25) is 5.89 Å². The van der Waals surface area contributed by atoms with Crippen molar-refractivity contribution in [2.75, 3.05) is 13.2 Å². The van der Waals surface area contributed by atoms with Crippen molar-refractivity contribution in [2.45, 2.75) is 33.4 Å². The number of aliphatic hydroxyl groups is 1. The maximum absolute atomic E-state index is 9.90. The van der Waals surface area contributed by atoms with Gasteiger partial charge >= 0.3 is 0 Å². The van der Waals surface area contributed by atoms with Gasteiger partial charge in [-0.3, -0.25) is 0 Å². The van der Waals surface area contributed by atoms with Crippen LogP contribution in [0.25, 0.3) is 0 Å². The number of aliphatic hydroxyl groups excluding tert-OH is 1. The van der Waals surface area contributed by atoms with Gasteiger partial charge in [0.05, 0.1) is 6.54 Å². The molecule has 114 valence electrons. The van der Waals surface area contributed by atoms with Gasteiger partial charge in [-0.1, -0.05) is 17.3 Å². The van der Waals surface area contributed by atoms with E-state index in [9.17, 15) is 5.11 Å². The topological polar surface area (TPSA) is 80.4 Å². The Balaban J connectivity index is 1.72. The first-order chi connectivity index (χ1) is 10.0. The van der Waals surface area contributed by atoms with E-state index in [1.54, 1.807) is 6.92 Å². The fourth-order valence-electron chi connectivity index (χ4n) is 1.87. The molecule has 21 heavy (non-hydrogen) atoms. The van der Waals surface area contributed by atoms with Crippen molar-refractivity contribution in [3.63, 3.8) is 0 Å². The van der Waals surface area contributed by atoms with Gasteiger partial charge in [0.15, 0.2) is 5.82 Å². The molecule has 0 bridgehead atoms. The van der Waals surface area contributed by atoms with Gasteiger partial charge in [0, 0.05) is 13.5 Å². The number of hydrogen-bond donors (Lipinski definition) is 2. The molecule has 1 heterocycles. The quantitative estimate of drug-likeness (QED) is 0.805. The lowest BCUT2D eigenvalue weighted by Gasteiger charge is -2.14. The summed E-state index contributed by atoms with van der Waals surface area (Å²) in [5.74, 6) is 1.92. The third kappa shape index (κ3) is 4.84. The highest BCUT2D eigenvalue weighted by Gasteiger charge is 2.08. The lowest BCUT2D eigenvalue weighted by atomic mass is 10.1. The molecule has 0 fully saturated rings. The molecule has 0 saturated carbocycles. The molecular weight excluding hydrogens is 270 g/mol. The highest BCUT2D eigenvalue weighted by atomic mass is 16.5. The largest absolute Gasteiger partial charge is 0.491 e. The van der Waals surface area contributed by atoms with Crippen molar-refractivity contribution in [1.29, 1.82) is 0 Å². The number of hydrogen-bond acceptors (Lipinski definition) is 6. The number of aryl methyl sites for hydroxylation is 3. The first kappa shape index (κ1) is 15.5. The summed E-state index contributed by atoms with van der Waals surface area (Å²) < 4.78 is 10.5. The zero-order valence-electron chi connectivity index (χ0n) is 12.6. The lowest BCUT2D eigenvalue weighted by molar-refractivity contribution is 0.105. The Bertz CT molecular complexity index is 583. The average molecular weight is 291 g/mol. The summed E-state index contributed by atoms with van der Waals surface area (Å²) >= 11 is 0. The smallest absolute Gasteiger partial charge is 0.223 e. The van der Waals surface area contributed by atoms with E-state index in [1.807, 2.05) is 32.0 Å². The maximum atomic E-state index is 9.90. The second kappa shape index (κ2) is 7.19. The Kier molecular flexibility index (Phi) is 5.30. The third-order valence-electron chi connectivity index (χ3n) is 3.01. The molecule has 0 aliphatic carbocycles. The Morgan fingerprint density at radius 2 is 2.14 bits per heavy atom. The molecule has 6 nitrogen and oxygen atoms in total. The summed E-state index contributed by atoms with van der Waals surface area (Å²) in [5, 5.41) is 16.7. The molecule has 1 unspecified atom stereocenters. The first-order valence-corrected chi connectivity index (χ1v) is 6.92. The van der Waals surface area contributed by atoms with Crippen LogP contribution < -0.4 is 10.1 Å². The Morgan fingerprint density at radius 1 is 1.33 bits per heavy atom. The normalized spacial score (nSPS) is 12.4. The predicted octanol–water partition coefficient (Wildman–Crippen LogP) is 1.52. The number of benzene rings is 1. The number of nitrogens with one attached hydrogen (secondary N) is 1. The van der Waals surface area contributed by atoms with Crippen LogP contribution in [-0.4, -0.2) is 34.5 Å². The van der Waals surface area contributed by atoms with E-state index in [2.05, 4.69) is 15.5 Å². The van der Waals surface area contributed by atoms with Crippen LogP contribution >= 0.6 is 0 Å². The van der Waals surface area contributed by atoms with Crippen molar-refractivity contribution >= 4 is 0 Å². The summed E-state index contributed by atoms with van der Waals surface area (Å²) in [6.07, 6.45) is -0.599. The lowest BCUT2D eigenvalue weighted by Crippen LogP contribution is -2.31. The molecule has 2 N–H and O–H groups in total. The minimum absolute atomic E-state index is 0.239. The van der Waals surface area contributed by atoms with Crippen LogP contribution in [0.5, 0.6) is 5.75 Å².